The highest BCUT2D eigenvalue weighted by molar-refractivity contribution is 6.42. The molecule has 1 heterocycles. The maximum atomic E-state index is 12.7. The summed E-state index contributed by atoms with van der Waals surface area (Å²) in [6, 6.07) is 17.1. The third-order valence-corrected chi connectivity index (χ3v) is 5.39. The van der Waals surface area contributed by atoms with E-state index in [9.17, 15) is 4.79 Å². The van der Waals surface area contributed by atoms with Gasteiger partial charge >= 0.3 is 0 Å². The van der Waals surface area contributed by atoms with Crippen LogP contribution >= 0.6 is 23.2 Å². The summed E-state index contributed by atoms with van der Waals surface area (Å²) in [6.45, 7) is 0. The Bertz CT molecular complexity index is 1290. The number of rotatable bonds is 6. The summed E-state index contributed by atoms with van der Waals surface area (Å²) in [5, 5.41) is 7.58. The molecule has 0 aliphatic rings. The van der Waals surface area contributed by atoms with Gasteiger partial charge in [-0.15, -0.1) is 0 Å². The summed E-state index contributed by atoms with van der Waals surface area (Å²) in [5.41, 5.74) is 2.13. The molecule has 0 atom stereocenters. The number of anilines is 1. The van der Waals surface area contributed by atoms with Gasteiger partial charge in [-0.1, -0.05) is 40.5 Å². The molecule has 0 aliphatic carbocycles. The second-order valence-corrected chi connectivity index (χ2v) is 7.44. The van der Waals surface area contributed by atoms with E-state index >= 15 is 0 Å². The van der Waals surface area contributed by atoms with E-state index in [0.717, 1.165) is 0 Å². The molecule has 0 aliphatic heterocycles. The minimum absolute atomic E-state index is 0.250. The number of hydrogen-bond donors (Lipinski definition) is 1. The van der Waals surface area contributed by atoms with E-state index in [1.54, 1.807) is 62.8 Å². The largest absolute Gasteiger partial charge is 0.493 e. The summed E-state index contributed by atoms with van der Waals surface area (Å²) in [6.07, 6.45) is 0. The number of ether oxygens (including phenoxy) is 2. The molecule has 0 fully saturated rings. The molecule has 3 aromatic carbocycles. The molecule has 1 amide bonds. The van der Waals surface area contributed by atoms with Crippen molar-refractivity contribution in [2.75, 3.05) is 19.5 Å². The van der Waals surface area contributed by atoms with E-state index in [0.29, 0.717) is 49.7 Å². The van der Waals surface area contributed by atoms with Crippen molar-refractivity contribution in [3.63, 3.8) is 0 Å². The Morgan fingerprint density at radius 1 is 0.938 bits per heavy atom. The summed E-state index contributed by atoms with van der Waals surface area (Å²) in [7, 11) is 3.11. The lowest BCUT2D eigenvalue weighted by Gasteiger charge is -2.09. The van der Waals surface area contributed by atoms with Crippen molar-refractivity contribution in [2.24, 2.45) is 0 Å². The predicted molar refractivity (Wildman–Crippen MR) is 123 cm³/mol. The number of hydrogen-bond acceptors (Lipinski definition) is 6. The molecule has 32 heavy (non-hydrogen) atoms. The lowest BCUT2D eigenvalue weighted by Crippen LogP contribution is -2.12. The first kappa shape index (κ1) is 21.7. The monoisotopic (exact) mass is 469 g/mol. The average Bonchev–Trinajstić information content (AvgIpc) is 3.30. The maximum Gasteiger partial charge on any atom is 0.260 e. The number of para-hydroxylation sites is 1. The minimum Gasteiger partial charge on any atom is -0.493 e. The van der Waals surface area contributed by atoms with Crippen LogP contribution in [0.3, 0.4) is 0 Å². The van der Waals surface area contributed by atoms with Gasteiger partial charge in [0.05, 0.1) is 35.5 Å². The highest BCUT2D eigenvalue weighted by atomic mass is 35.5. The molecule has 1 N–H and O–H groups in total. The molecule has 7 nitrogen and oxygen atoms in total. The van der Waals surface area contributed by atoms with Crippen LogP contribution in [0.4, 0.5) is 5.69 Å². The van der Waals surface area contributed by atoms with Gasteiger partial charge in [0.25, 0.3) is 11.8 Å². The second kappa shape index (κ2) is 9.30. The summed E-state index contributed by atoms with van der Waals surface area (Å²) in [4.78, 5) is 17.2. The lowest BCUT2D eigenvalue weighted by molar-refractivity contribution is 0.102. The van der Waals surface area contributed by atoms with E-state index in [2.05, 4.69) is 15.5 Å². The van der Waals surface area contributed by atoms with Gasteiger partial charge in [-0.2, -0.15) is 4.98 Å². The van der Waals surface area contributed by atoms with Gasteiger partial charge in [-0.3, -0.25) is 4.79 Å². The number of aromatic nitrogens is 2. The first-order valence-electron chi connectivity index (χ1n) is 9.42. The Morgan fingerprint density at radius 2 is 1.72 bits per heavy atom. The van der Waals surface area contributed by atoms with E-state index in [1.165, 1.54) is 6.07 Å². The van der Waals surface area contributed by atoms with Crippen LogP contribution in [-0.4, -0.2) is 30.3 Å². The van der Waals surface area contributed by atoms with Crippen molar-refractivity contribution in [3.8, 4) is 34.3 Å². The molecule has 9 heteroatoms. The van der Waals surface area contributed by atoms with Crippen LogP contribution in [0, 0.1) is 0 Å². The van der Waals surface area contributed by atoms with Crippen LogP contribution in [0.15, 0.2) is 65.2 Å². The summed E-state index contributed by atoms with van der Waals surface area (Å²) in [5.74, 6) is 1.41. The van der Waals surface area contributed by atoms with E-state index in [4.69, 9.17) is 37.2 Å². The van der Waals surface area contributed by atoms with Crippen LogP contribution < -0.4 is 14.8 Å². The van der Waals surface area contributed by atoms with Crippen molar-refractivity contribution in [2.45, 2.75) is 0 Å². The number of nitrogens with zero attached hydrogens (tertiary/aromatic N) is 2. The normalized spacial score (nSPS) is 10.6. The van der Waals surface area contributed by atoms with Crippen LogP contribution in [-0.2, 0) is 0 Å². The summed E-state index contributed by atoms with van der Waals surface area (Å²) >= 11 is 12.0. The first-order valence-corrected chi connectivity index (χ1v) is 10.2. The smallest absolute Gasteiger partial charge is 0.260 e. The molecule has 0 saturated heterocycles. The van der Waals surface area contributed by atoms with Gasteiger partial charge in [0, 0.05) is 11.1 Å². The Morgan fingerprint density at radius 3 is 2.47 bits per heavy atom. The fourth-order valence-electron chi connectivity index (χ4n) is 3.04. The number of carbonyl (C=O) groups is 1. The van der Waals surface area contributed by atoms with Gasteiger partial charge in [0.1, 0.15) is 0 Å². The number of halogens is 2. The highest BCUT2D eigenvalue weighted by Gasteiger charge is 2.17. The van der Waals surface area contributed by atoms with Crippen molar-refractivity contribution >= 4 is 34.8 Å². The third-order valence-electron chi connectivity index (χ3n) is 4.66. The minimum atomic E-state index is -0.351. The Balaban J connectivity index is 1.63. The molecule has 0 bridgehead atoms. The van der Waals surface area contributed by atoms with Crippen molar-refractivity contribution in [1.82, 2.24) is 10.1 Å². The predicted octanol–water partition coefficient (Wildman–Crippen LogP) is 5.98. The topological polar surface area (TPSA) is 86.5 Å². The van der Waals surface area contributed by atoms with Gasteiger partial charge in [0.15, 0.2) is 11.5 Å². The van der Waals surface area contributed by atoms with Crippen molar-refractivity contribution in [3.05, 3.63) is 76.3 Å². The molecule has 4 rings (SSSR count). The number of methoxy groups -OCH3 is 2. The number of nitrogens with one attached hydrogen (secondary N) is 1. The lowest BCUT2D eigenvalue weighted by atomic mass is 10.1. The van der Waals surface area contributed by atoms with Gasteiger partial charge in [-0.05, 0) is 48.5 Å². The first-order chi connectivity index (χ1) is 15.5. The quantitative estimate of drug-likeness (QED) is 0.373. The van der Waals surface area contributed by atoms with Crippen LogP contribution in [0.5, 0.6) is 11.5 Å². The van der Waals surface area contributed by atoms with Crippen molar-refractivity contribution in [1.29, 1.82) is 0 Å². The molecule has 0 spiro atoms. The molecular weight excluding hydrogens is 453 g/mol. The summed E-state index contributed by atoms with van der Waals surface area (Å²) < 4.78 is 16.1. The zero-order valence-corrected chi connectivity index (χ0v) is 18.6. The zero-order chi connectivity index (χ0) is 22.7. The highest BCUT2D eigenvalue weighted by Crippen LogP contribution is 2.33. The molecule has 4 aromatic rings. The number of amides is 1. The van der Waals surface area contributed by atoms with Gasteiger partial charge in [-0.25, -0.2) is 0 Å². The van der Waals surface area contributed by atoms with E-state index in [-0.39, 0.29) is 11.8 Å². The van der Waals surface area contributed by atoms with Crippen LogP contribution in [0.2, 0.25) is 10.0 Å². The fourth-order valence-corrected chi connectivity index (χ4v) is 3.33. The van der Waals surface area contributed by atoms with Crippen LogP contribution in [0.25, 0.3) is 22.8 Å². The molecule has 0 unspecified atom stereocenters. The van der Waals surface area contributed by atoms with E-state index in [1.807, 2.05) is 6.07 Å². The number of carbonyl (C=O) groups excluding carboxylic acids is 1. The molecule has 0 radical (unpaired) electrons. The average molecular weight is 470 g/mol. The van der Waals surface area contributed by atoms with Crippen LogP contribution in [0.1, 0.15) is 10.4 Å². The molecule has 162 valence electrons. The maximum absolute atomic E-state index is 12.7. The SMILES string of the molecule is COc1ccc(-c2noc(-c3ccccc3NC(=O)c3ccc(Cl)c(Cl)c3)n2)cc1OC. The molecule has 1 aromatic heterocycles. The van der Waals surface area contributed by atoms with Gasteiger partial charge in [0.2, 0.25) is 5.82 Å². The molecular formula is C23H17Cl2N3O4. The third kappa shape index (κ3) is 4.39. The number of benzene rings is 3. The fraction of sp³-hybridized carbons (Fsp3) is 0.0870. The second-order valence-electron chi connectivity index (χ2n) is 6.62. The zero-order valence-electron chi connectivity index (χ0n) is 17.1. The van der Waals surface area contributed by atoms with E-state index < -0.39 is 0 Å². The van der Waals surface area contributed by atoms with Gasteiger partial charge < -0.3 is 19.3 Å². The standard InChI is InChI=1S/C23H17Cl2N3O4/c1-30-19-10-8-13(12-20(19)31-2)21-27-23(32-28-21)15-5-3-4-6-18(15)26-22(29)14-7-9-16(24)17(25)11-14/h3-12H,1-2H3,(H,26,29). The molecule has 0 saturated carbocycles. The Kier molecular flexibility index (Phi) is 6.30. The van der Waals surface area contributed by atoms with Crippen molar-refractivity contribution < 1.29 is 18.8 Å². The Hall–Kier alpha value is -3.55. The Labute approximate surface area is 193 Å².